The zero-order valence-electron chi connectivity index (χ0n) is 11.2. The van der Waals surface area contributed by atoms with Gasteiger partial charge in [0.05, 0.1) is 5.56 Å². The predicted molar refractivity (Wildman–Crippen MR) is 73.8 cm³/mol. The lowest BCUT2D eigenvalue weighted by Gasteiger charge is -2.09. The van der Waals surface area contributed by atoms with E-state index in [1.54, 1.807) is 18.5 Å². The Morgan fingerprint density at radius 3 is 2.43 bits per heavy atom. The first-order valence-corrected chi connectivity index (χ1v) is 6.40. The van der Waals surface area contributed by atoms with Crippen LogP contribution in [0.2, 0.25) is 0 Å². The van der Waals surface area contributed by atoms with Gasteiger partial charge in [-0.05, 0) is 17.2 Å². The highest BCUT2D eigenvalue weighted by Gasteiger charge is 2.30. The molecule has 0 atom stereocenters. The van der Waals surface area contributed by atoms with Gasteiger partial charge in [0.1, 0.15) is 0 Å². The highest BCUT2D eigenvalue weighted by Crippen LogP contribution is 2.29. The number of nitrogens with one attached hydrogen (secondary N) is 1. The van der Waals surface area contributed by atoms with Crippen LogP contribution in [0.4, 0.5) is 19.1 Å². The molecule has 21 heavy (non-hydrogen) atoms. The van der Waals surface area contributed by atoms with Gasteiger partial charge in [-0.2, -0.15) is 13.2 Å². The van der Waals surface area contributed by atoms with Crippen LogP contribution in [0.1, 0.15) is 16.7 Å². The van der Waals surface area contributed by atoms with E-state index < -0.39 is 11.7 Å². The van der Waals surface area contributed by atoms with E-state index in [1.165, 1.54) is 6.07 Å². The average Bonchev–Trinajstić information content (AvgIpc) is 2.46. The van der Waals surface area contributed by atoms with E-state index in [4.69, 9.17) is 5.73 Å². The second-order valence-corrected chi connectivity index (χ2v) is 4.51. The third-order valence-corrected chi connectivity index (χ3v) is 2.80. The highest BCUT2D eigenvalue weighted by molar-refractivity contribution is 5.31. The summed E-state index contributed by atoms with van der Waals surface area (Å²) in [5.74, 6) is 0.452. The number of alkyl halides is 3. The van der Waals surface area contributed by atoms with Gasteiger partial charge in [-0.1, -0.05) is 18.2 Å². The Morgan fingerprint density at radius 2 is 1.81 bits per heavy atom. The third-order valence-electron chi connectivity index (χ3n) is 2.80. The Hall–Kier alpha value is -2.15. The fourth-order valence-corrected chi connectivity index (χ4v) is 1.81. The molecule has 0 amide bonds. The van der Waals surface area contributed by atoms with Crippen molar-refractivity contribution in [2.24, 2.45) is 5.73 Å². The van der Waals surface area contributed by atoms with Crippen LogP contribution < -0.4 is 11.1 Å². The van der Waals surface area contributed by atoms with Crippen LogP contribution in [0.3, 0.4) is 0 Å². The smallest absolute Gasteiger partial charge is 0.353 e. The lowest BCUT2D eigenvalue weighted by atomic mass is 10.0. The van der Waals surface area contributed by atoms with Crippen LogP contribution in [0.5, 0.6) is 0 Å². The van der Waals surface area contributed by atoms with Gasteiger partial charge in [-0.15, -0.1) is 0 Å². The second-order valence-electron chi connectivity index (χ2n) is 4.51. The molecule has 0 aliphatic heterocycles. The molecule has 7 heteroatoms. The number of benzene rings is 1. The summed E-state index contributed by atoms with van der Waals surface area (Å²) < 4.78 is 37.9. The molecule has 0 aliphatic carbocycles. The summed E-state index contributed by atoms with van der Waals surface area (Å²) >= 11 is 0. The van der Waals surface area contributed by atoms with E-state index in [1.807, 2.05) is 0 Å². The van der Waals surface area contributed by atoms with Crippen LogP contribution in [-0.2, 0) is 12.6 Å². The van der Waals surface area contributed by atoms with E-state index in [0.29, 0.717) is 31.0 Å². The Labute approximate surface area is 120 Å². The minimum Gasteiger partial charge on any atom is -0.353 e. The average molecular weight is 296 g/mol. The molecule has 0 radical (unpaired) electrons. The summed E-state index contributed by atoms with van der Waals surface area (Å²) in [5.41, 5.74) is 6.01. The number of nitrogens with zero attached hydrogens (tertiary/aromatic N) is 2. The zero-order chi connectivity index (χ0) is 15.3. The predicted octanol–water partition coefficient (Wildman–Crippen LogP) is 2.46. The molecular weight excluding hydrogens is 281 g/mol. The normalized spacial score (nSPS) is 11.4. The molecule has 4 nitrogen and oxygen atoms in total. The van der Waals surface area contributed by atoms with Crippen molar-refractivity contribution in [2.45, 2.75) is 12.6 Å². The van der Waals surface area contributed by atoms with Gasteiger partial charge in [0, 0.05) is 31.9 Å². The van der Waals surface area contributed by atoms with E-state index in [9.17, 15) is 13.2 Å². The molecule has 0 saturated carbocycles. The highest BCUT2D eigenvalue weighted by atomic mass is 19.4. The zero-order valence-corrected chi connectivity index (χ0v) is 11.2. The second kappa shape index (κ2) is 6.53. The minimum atomic E-state index is -4.33. The Morgan fingerprint density at radius 1 is 1.10 bits per heavy atom. The SMILES string of the molecule is NCCNc1ncc(Cc2cccc(C(F)(F)F)c2)cn1. The molecule has 0 unspecified atom stereocenters. The van der Waals surface area contributed by atoms with Crippen LogP contribution in [0.25, 0.3) is 0 Å². The number of nitrogens with two attached hydrogens (primary N) is 1. The van der Waals surface area contributed by atoms with Crippen LogP contribution in [0.15, 0.2) is 36.7 Å². The summed E-state index contributed by atoms with van der Waals surface area (Å²) in [4.78, 5) is 8.17. The molecule has 0 fully saturated rings. The Bertz CT molecular complexity index is 582. The number of rotatable bonds is 5. The van der Waals surface area contributed by atoms with Gasteiger partial charge >= 0.3 is 6.18 Å². The standard InChI is InChI=1S/C14H15F3N4/c15-14(16,17)12-3-1-2-10(7-12)6-11-8-20-13(21-9-11)19-5-4-18/h1-3,7-9H,4-6,18H2,(H,19,20,21). The van der Waals surface area contributed by atoms with Gasteiger partial charge in [0.15, 0.2) is 0 Å². The van der Waals surface area contributed by atoms with Crippen molar-refractivity contribution >= 4 is 5.95 Å². The van der Waals surface area contributed by atoms with Gasteiger partial charge in [-0.25, -0.2) is 9.97 Å². The summed E-state index contributed by atoms with van der Waals surface area (Å²) in [6.07, 6.45) is -0.804. The monoisotopic (exact) mass is 296 g/mol. The van der Waals surface area contributed by atoms with Crippen molar-refractivity contribution in [3.05, 3.63) is 53.3 Å². The molecule has 0 aliphatic rings. The van der Waals surface area contributed by atoms with E-state index >= 15 is 0 Å². The van der Waals surface area contributed by atoms with Gasteiger partial charge in [0.2, 0.25) is 5.95 Å². The van der Waals surface area contributed by atoms with Crippen molar-refractivity contribution in [1.82, 2.24) is 9.97 Å². The first-order chi connectivity index (χ1) is 9.99. The van der Waals surface area contributed by atoms with Crippen molar-refractivity contribution in [3.8, 4) is 0 Å². The largest absolute Gasteiger partial charge is 0.416 e. The van der Waals surface area contributed by atoms with Gasteiger partial charge in [0.25, 0.3) is 0 Å². The number of hydrogen-bond donors (Lipinski definition) is 2. The fourth-order valence-electron chi connectivity index (χ4n) is 1.81. The maximum Gasteiger partial charge on any atom is 0.416 e. The first kappa shape index (κ1) is 15.2. The number of halogens is 3. The molecule has 1 heterocycles. The molecule has 1 aromatic heterocycles. The lowest BCUT2D eigenvalue weighted by molar-refractivity contribution is -0.137. The summed E-state index contributed by atoms with van der Waals surface area (Å²) in [6.45, 7) is 1.03. The van der Waals surface area contributed by atoms with Crippen molar-refractivity contribution in [1.29, 1.82) is 0 Å². The molecule has 0 spiro atoms. The Balaban J connectivity index is 2.08. The first-order valence-electron chi connectivity index (χ1n) is 6.40. The summed E-state index contributed by atoms with van der Waals surface area (Å²) in [5, 5.41) is 2.92. The number of aromatic nitrogens is 2. The molecule has 2 rings (SSSR count). The fraction of sp³-hybridized carbons (Fsp3) is 0.286. The van der Waals surface area contributed by atoms with Gasteiger partial charge in [-0.3, -0.25) is 0 Å². The van der Waals surface area contributed by atoms with Crippen molar-refractivity contribution < 1.29 is 13.2 Å². The molecule has 0 saturated heterocycles. The third kappa shape index (κ3) is 4.42. The van der Waals surface area contributed by atoms with Gasteiger partial charge < -0.3 is 11.1 Å². The van der Waals surface area contributed by atoms with Crippen molar-refractivity contribution in [2.75, 3.05) is 18.4 Å². The van der Waals surface area contributed by atoms with E-state index in [-0.39, 0.29) is 0 Å². The maximum atomic E-state index is 12.6. The molecule has 1 aromatic carbocycles. The lowest BCUT2D eigenvalue weighted by Crippen LogP contribution is -2.14. The topological polar surface area (TPSA) is 63.8 Å². The summed E-state index contributed by atoms with van der Waals surface area (Å²) in [7, 11) is 0. The molecular formula is C14H15F3N4. The van der Waals surface area contributed by atoms with Crippen LogP contribution in [0, 0.1) is 0 Å². The molecule has 3 N–H and O–H groups in total. The minimum absolute atomic E-state index is 0.348. The molecule has 112 valence electrons. The Kier molecular flexibility index (Phi) is 4.74. The quantitative estimate of drug-likeness (QED) is 0.889. The summed E-state index contributed by atoms with van der Waals surface area (Å²) in [6, 6.07) is 5.24. The number of hydrogen-bond acceptors (Lipinski definition) is 4. The van der Waals surface area contributed by atoms with Crippen molar-refractivity contribution in [3.63, 3.8) is 0 Å². The molecule has 2 aromatic rings. The maximum absolute atomic E-state index is 12.6. The van der Waals surface area contributed by atoms with E-state index in [2.05, 4.69) is 15.3 Å². The number of anilines is 1. The van der Waals surface area contributed by atoms with Crippen LogP contribution >= 0.6 is 0 Å². The molecule has 0 bridgehead atoms. The van der Waals surface area contributed by atoms with Crippen LogP contribution in [-0.4, -0.2) is 23.1 Å². The van der Waals surface area contributed by atoms with E-state index in [0.717, 1.165) is 17.7 Å².